The molecule has 1 saturated heterocycles. The first-order valence-corrected chi connectivity index (χ1v) is 6.90. The second kappa shape index (κ2) is 4.59. The van der Waals surface area contributed by atoms with Gasteiger partial charge in [0, 0.05) is 24.6 Å². The zero-order valence-corrected chi connectivity index (χ0v) is 12.3. The van der Waals surface area contributed by atoms with Gasteiger partial charge in [0.1, 0.15) is 5.82 Å². The fourth-order valence-corrected chi connectivity index (χ4v) is 2.77. The predicted octanol–water partition coefficient (Wildman–Crippen LogP) is 1.77. The molecule has 2 aromatic rings. The number of hydrogen-bond donors (Lipinski definition) is 1. The Balaban J connectivity index is 2.06. The van der Waals surface area contributed by atoms with Crippen LogP contribution >= 0.6 is 15.9 Å². The first kappa shape index (κ1) is 13.1. The lowest BCUT2D eigenvalue weighted by atomic mass is 9.99. The molecule has 1 aromatic heterocycles. The van der Waals surface area contributed by atoms with Crippen molar-refractivity contribution in [1.82, 2.24) is 14.5 Å². The Kier molecular flexibility index (Phi) is 3.01. The van der Waals surface area contributed by atoms with Gasteiger partial charge in [-0.25, -0.2) is 9.78 Å². The Morgan fingerprint density at radius 2 is 2.15 bits per heavy atom. The van der Waals surface area contributed by atoms with Gasteiger partial charge in [-0.15, -0.1) is 0 Å². The number of carboxylic acid groups (broad SMARTS) is 1. The van der Waals surface area contributed by atoms with E-state index in [1.165, 1.54) is 9.47 Å². The molecule has 1 aliphatic rings. The summed E-state index contributed by atoms with van der Waals surface area (Å²) in [5.41, 5.74) is 0.525. The van der Waals surface area contributed by atoms with Crippen LogP contribution in [0.4, 0.5) is 4.79 Å². The Bertz CT molecular complexity index is 765. The largest absolute Gasteiger partial charge is 0.465 e. The third kappa shape index (κ3) is 1.98. The van der Waals surface area contributed by atoms with E-state index in [2.05, 4.69) is 20.9 Å². The van der Waals surface area contributed by atoms with Crippen molar-refractivity contribution < 1.29 is 9.90 Å². The van der Waals surface area contributed by atoms with Gasteiger partial charge in [-0.05, 0) is 18.2 Å². The molecular weight excluding hydrogens is 326 g/mol. The van der Waals surface area contributed by atoms with E-state index in [0.717, 1.165) is 4.47 Å². The molecule has 0 spiro atoms. The number of rotatable bonds is 1. The molecule has 0 unspecified atom stereocenters. The molecule has 0 radical (unpaired) electrons. The average Bonchev–Trinajstić information content (AvgIpc) is 2.32. The first-order chi connectivity index (χ1) is 9.47. The maximum Gasteiger partial charge on any atom is 0.407 e. The highest BCUT2D eigenvalue weighted by Crippen LogP contribution is 2.26. The van der Waals surface area contributed by atoms with Gasteiger partial charge in [0.25, 0.3) is 5.56 Å². The monoisotopic (exact) mass is 337 g/mol. The number of hydrogen-bond acceptors (Lipinski definition) is 3. The molecule has 3 rings (SSSR count). The molecule has 2 heterocycles. The van der Waals surface area contributed by atoms with Crippen LogP contribution in [0.5, 0.6) is 0 Å². The molecule has 1 N–H and O–H groups in total. The molecule has 0 bridgehead atoms. The van der Waals surface area contributed by atoms with Crippen molar-refractivity contribution in [2.75, 3.05) is 13.1 Å². The first-order valence-electron chi connectivity index (χ1n) is 6.11. The molecule has 104 valence electrons. The number of aromatic nitrogens is 2. The van der Waals surface area contributed by atoms with Crippen LogP contribution in [0.3, 0.4) is 0 Å². The molecular formula is C13H12BrN3O3. The Morgan fingerprint density at radius 3 is 2.80 bits per heavy atom. The summed E-state index contributed by atoms with van der Waals surface area (Å²) in [6.07, 6.45) is -0.935. The number of fused-ring (bicyclic) bond motifs is 1. The highest BCUT2D eigenvalue weighted by atomic mass is 79.9. The number of amides is 1. The van der Waals surface area contributed by atoms with Gasteiger partial charge < -0.3 is 10.0 Å². The second-order valence-electron chi connectivity index (χ2n) is 4.88. The lowest BCUT2D eigenvalue weighted by molar-refractivity contribution is 0.102. The van der Waals surface area contributed by atoms with Gasteiger partial charge in [-0.2, -0.15) is 0 Å². The molecule has 1 aliphatic heterocycles. The summed E-state index contributed by atoms with van der Waals surface area (Å²) in [6, 6.07) is 5.34. The molecule has 1 aromatic carbocycles. The molecule has 20 heavy (non-hydrogen) atoms. The van der Waals surface area contributed by atoms with Crippen LogP contribution in [0.15, 0.2) is 27.5 Å². The average molecular weight is 338 g/mol. The predicted molar refractivity (Wildman–Crippen MR) is 77.0 cm³/mol. The maximum absolute atomic E-state index is 12.3. The zero-order chi connectivity index (χ0) is 14.4. The summed E-state index contributed by atoms with van der Waals surface area (Å²) in [5.74, 6) is 0.616. The summed E-state index contributed by atoms with van der Waals surface area (Å²) >= 11 is 3.36. The standard InChI is InChI=1S/C13H12BrN3O3/c1-16-11(7-5-17(6-7)13(19)20)15-10-4-8(14)2-3-9(10)12(16)18/h2-4,7H,5-6H2,1H3,(H,19,20). The zero-order valence-electron chi connectivity index (χ0n) is 10.7. The van der Waals surface area contributed by atoms with Gasteiger partial charge in [-0.1, -0.05) is 15.9 Å². The van der Waals surface area contributed by atoms with E-state index in [1.54, 1.807) is 25.2 Å². The van der Waals surface area contributed by atoms with Crippen molar-refractivity contribution >= 4 is 32.9 Å². The molecule has 6 nitrogen and oxygen atoms in total. The SMILES string of the molecule is Cn1c(C2CN(C(=O)O)C2)nc2cc(Br)ccc2c1=O. The third-order valence-corrected chi connectivity index (χ3v) is 4.08. The highest BCUT2D eigenvalue weighted by molar-refractivity contribution is 9.10. The minimum Gasteiger partial charge on any atom is -0.465 e. The minimum absolute atomic E-state index is 0.0211. The van der Waals surface area contributed by atoms with Gasteiger partial charge in [0.15, 0.2) is 0 Å². The Morgan fingerprint density at radius 1 is 1.45 bits per heavy atom. The fraction of sp³-hybridized carbons (Fsp3) is 0.308. The Labute approximate surface area is 122 Å². The number of benzene rings is 1. The summed E-state index contributed by atoms with van der Waals surface area (Å²) < 4.78 is 2.37. The van der Waals surface area contributed by atoms with Gasteiger partial charge >= 0.3 is 6.09 Å². The van der Waals surface area contributed by atoms with Crippen LogP contribution in [0.25, 0.3) is 10.9 Å². The smallest absolute Gasteiger partial charge is 0.407 e. The summed E-state index contributed by atoms with van der Waals surface area (Å²) in [5, 5.41) is 9.42. The van der Waals surface area contributed by atoms with Crippen LogP contribution in [-0.2, 0) is 7.05 Å². The van der Waals surface area contributed by atoms with Crippen molar-refractivity contribution in [3.05, 3.63) is 38.9 Å². The van der Waals surface area contributed by atoms with Crippen molar-refractivity contribution in [1.29, 1.82) is 0 Å². The third-order valence-electron chi connectivity index (χ3n) is 3.59. The van der Waals surface area contributed by atoms with E-state index in [4.69, 9.17) is 5.11 Å². The summed E-state index contributed by atoms with van der Waals surface area (Å²) in [7, 11) is 1.68. The van der Waals surface area contributed by atoms with Gasteiger partial charge in [0.2, 0.25) is 0 Å². The second-order valence-corrected chi connectivity index (χ2v) is 5.80. The van der Waals surface area contributed by atoms with E-state index >= 15 is 0 Å². The maximum atomic E-state index is 12.3. The Hall–Kier alpha value is -1.89. The molecule has 0 saturated carbocycles. The fourth-order valence-electron chi connectivity index (χ4n) is 2.42. The molecule has 0 aliphatic carbocycles. The number of nitrogens with zero attached hydrogens (tertiary/aromatic N) is 3. The normalized spacial score (nSPS) is 15.4. The van der Waals surface area contributed by atoms with E-state index in [1.807, 2.05) is 0 Å². The van der Waals surface area contributed by atoms with Crippen molar-refractivity contribution in [3.63, 3.8) is 0 Å². The van der Waals surface area contributed by atoms with E-state index in [-0.39, 0.29) is 11.5 Å². The lowest BCUT2D eigenvalue weighted by Gasteiger charge is -2.37. The van der Waals surface area contributed by atoms with Gasteiger partial charge in [0.05, 0.1) is 16.8 Å². The minimum atomic E-state index is -0.935. The highest BCUT2D eigenvalue weighted by Gasteiger charge is 2.34. The molecule has 1 fully saturated rings. The topological polar surface area (TPSA) is 75.4 Å². The van der Waals surface area contributed by atoms with Crippen LogP contribution in [0.2, 0.25) is 0 Å². The summed E-state index contributed by atoms with van der Waals surface area (Å²) in [4.78, 5) is 28.9. The quantitative estimate of drug-likeness (QED) is 0.860. The van der Waals surface area contributed by atoms with Crippen molar-refractivity contribution in [2.24, 2.45) is 7.05 Å². The van der Waals surface area contributed by atoms with Crippen LogP contribution in [-0.4, -0.2) is 38.7 Å². The molecule has 7 heteroatoms. The van der Waals surface area contributed by atoms with E-state index in [9.17, 15) is 9.59 Å². The lowest BCUT2D eigenvalue weighted by Crippen LogP contribution is -2.49. The van der Waals surface area contributed by atoms with Crippen LogP contribution < -0.4 is 5.56 Å². The molecule has 0 atom stereocenters. The van der Waals surface area contributed by atoms with E-state index < -0.39 is 6.09 Å². The number of halogens is 1. The van der Waals surface area contributed by atoms with Gasteiger partial charge in [-0.3, -0.25) is 9.36 Å². The van der Waals surface area contributed by atoms with Crippen molar-refractivity contribution in [3.8, 4) is 0 Å². The van der Waals surface area contributed by atoms with Crippen molar-refractivity contribution in [2.45, 2.75) is 5.92 Å². The van der Waals surface area contributed by atoms with E-state index in [0.29, 0.717) is 29.8 Å². The number of carbonyl (C=O) groups is 1. The molecule has 1 amide bonds. The van der Waals surface area contributed by atoms with Crippen LogP contribution in [0.1, 0.15) is 11.7 Å². The van der Waals surface area contributed by atoms with Crippen LogP contribution in [0, 0.1) is 0 Å². The number of likely N-dealkylation sites (tertiary alicyclic amines) is 1. The summed E-state index contributed by atoms with van der Waals surface area (Å²) in [6.45, 7) is 0.768.